The Hall–Kier alpha value is -0.160. The molecule has 0 atom stereocenters. The van der Waals surface area contributed by atoms with E-state index in [-0.39, 0.29) is 13.2 Å². The first kappa shape index (κ1) is 15.8. The van der Waals surface area contributed by atoms with Crippen LogP contribution in [0.25, 0.3) is 0 Å². The lowest BCUT2D eigenvalue weighted by molar-refractivity contribution is 0.0681. The summed E-state index contributed by atoms with van der Waals surface area (Å²) in [6.07, 6.45) is 0.958. The van der Waals surface area contributed by atoms with E-state index < -0.39 is 5.41 Å². The van der Waals surface area contributed by atoms with Crippen LogP contribution >= 0.6 is 0 Å². The first-order valence-electron chi connectivity index (χ1n) is 6.04. The molecule has 0 saturated heterocycles. The molecule has 3 N–H and O–H groups in total. The second-order valence-corrected chi connectivity index (χ2v) is 5.13. The molecule has 4 heteroatoms. The van der Waals surface area contributed by atoms with Crippen LogP contribution in [0.15, 0.2) is 0 Å². The van der Waals surface area contributed by atoms with Gasteiger partial charge in [0.1, 0.15) is 0 Å². The van der Waals surface area contributed by atoms with Gasteiger partial charge in [0.05, 0.1) is 13.2 Å². The van der Waals surface area contributed by atoms with Crippen LogP contribution in [0.1, 0.15) is 27.2 Å². The summed E-state index contributed by atoms with van der Waals surface area (Å²) in [7, 11) is 0. The monoisotopic (exact) mass is 233 g/mol. The molecule has 0 aromatic heterocycles. The third-order valence-corrected chi connectivity index (χ3v) is 2.41. The number of hydrogen-bond donors (Lipinski definition) is 3. The molecule has 0 radical (unpaired) electrons. The zero-order valence-corrected chi connectivity index (χ0v) is 10.8. The molecule has 0 fully saturated rings. The summed E-state index contributed by atoms with van der Waals surface area (Å²) in [4.78, 5) is 0. The van der Waals surface area contributed by atoms with Crippen molar-refractivity contribution < 1.29 is 14.9 Å². The van der Waals surface area contributed by atoms with Crippen molar-refractivity contribution in [2.75, 3.05) is 39.5 Å². The smallest absolute Gasteiger partial charge is 0.0518 e. The standard InChI is InChI=1S/C12H27NO3/c1-11(2)7-16-6-4-5-13-8-12(3,9-14)10-15/h11,13-15H,4-10H2,1-3H3. The minimum atomic E-state index is -0.418. The van der Waals surface area contributed by atoms with Crippen molar-refractivity contribution >= 4 is 0 Å². The van der Waals surface area contributed by atoms with Crippen molar-refractivity contribution in [3.8, 4) is 0 Å². The van der Waals surface area contributed by atoms with Crippen molar-refractivity contribution in [1.82, 2.24) is 5.32 Å². The second-order valence-electron chi connectivity index (χ2n) is 5.13. The molecule has 0 amide bonds. The molecule has 4 nitrogen and oxygen atoms in total. The third kappa shape index (κ3) is 8.05. The van der Waals surface area contributed by atoms with Gasteiger partial charge in [-0.05, 0) is 18.9 Å². The molecule has 0 aliphatic carbocycles. The lowest BCUT2D eigenvalue weighted by atomic mass is 9.93. The van der Waals surface area contributed by atoms with Gasteiger partial charge in [-0.15, -0.1) is 0 Å². The topological polar surface area (TPSA) is 61.7 Å². The Morgan fingerprint density at radius 1 is 1.25 bits per heavy atom. The summed E-state index contributed by atoms with van der Waals surface area (Å²) in [5, 5.41) is 21.3. The molecule has 0 aliphatic rings. The summed E-state index contributed by atoms with van der Waals surface area (Å²) >= 11 is 0. The van der Waals surface area contributed by atoms with E-state index in [4.69, 9.17) is 14.9 Å². The number of ether oxygens (including phenoxy) is 1. The lowest BCUT2D eigenvalue weighted by Crippen LogP contribution is -2.38. The predicted molar refractivity (Wildman–Crippen MR) is 65.4 cm³/mol. The van der Waals surface area contributed by atoms with Crippen LogP contribution < -0.4 is 5.32 Å². The molecule has 0 saturated carbocycles. The van der Waals surface area contributed by atoms with Gasteiger partial charge in [-0.1, -0.05) is 20.8 Å². The van der Waals surface area contributed by atoms with Crippen LogP contribution in [0.3, 0.4) is 0 Å². The first-order chi connectivity index (χ1) is 7.54. The van der Waals surface area contributed by atoms with E-state index in [9.17, 15) is 0 Å². The Labute approximate surface area is 99.0 Å². The molecule has 0 unspecified atom stereocenters. The highest BCUT2D eigenvalue weighted by Gasteiger charge is 2.21. The average Bonchev–Trinajstić information content (AvgIpc) is 2.27. The van der Waals surface area contributed by atoms with Gasteiger partial charge in [0.2, 0.25) is 0 Å². The highest BCUT2D eigenvalue weighted by molar-refractivity contribution is 4.74. The van der Waals surface area contributed by atoms with Gasteiger partial charge in [-0.2, -0.15) is 0 Å². The fourth-order valence-corrected chi connectivity index (χ4v) is 1.17. The molecular weight excluding hydrogens is 206 g/mol. The van der Waals surface area contributed by atoms with Gasteiger partial charge >= 0.3 is 0 Å². The molecule has 0 aromatic carbocycles. The predicted octanol–water partition coefficient (Wildman–Crippen LogP) is 0.630. The summed E-state index contributed by atoms with van der Waals surface area (Å²) in [6, 6.07) is 0. The van der Waals surface area contributed by atoms with Gasteiger partial charge in [-0.3, -0.25) is 0 Å². The summed E-state index contributed by atoms with van der Waals surface area (Å²) in [5.41, 5.74) is -0.418. The molecule has 16 heavy (non-hydrogen) atoms. The number of aliphatic hydroxyl groups excluding tert-OH is 2. The Balaban J connectivity index is 3.33. The maximum atomic E-state index is 9.06. The van der Waals surface area contributed by atoms with Gasteiger partial charge in [0.15, 0.2) is 0 Å². The largest absolute Gasteiger partial charge is 0.396 e. The zero-order valence-electron chi connectivity index (χ0n) is 10.8. The van der Waals surface area contributed by atoms with Crippen LogP contribution in [0.4, 0.5) is 0 Å². The summed E-state index contributed by atoms with van der Waals surface area (Å²) in [6.45, 7) is 9.18. The molecule has 0 bridgehead atoms. The summed E-state index contributed by atoms with van der Waals surface area (Å²) < 4.78 is 5.44. The fraction of sp³-hybridized carbons (Fsp3) is 1.00. The van der Waals surface area contributed by atoms with E-state index >= 15 is 0 Å². The summed E-state index contributed by atoms with van der Waals surface area (Å²) in [5.74, 6) is 0.583. The van der Waals surface area contributed by atoms with E-state index in [0.29, 0.717) is 12.5 Å². The highest BCUT2D eigenvalue weighted by Crippen LogP contribution is 2.11. The molecule has 0 heterocycles. The Bertz CT molecular complexity index is 158. The number of hydrogen-bond acceptors (Lipinski definition) is 4. The maximum absolute atomic E-state index is 9.06. The van der Waals surface area contributed by atoms with Crippen molar-refractivity contribution in [2.24, 2.45) is 11.3 Å². The van der Waals surface area contributed by atoms with Crippen LogP contribution in [0.5, 0.6) is 0 Å². The van der Waals surface area contributed by atoms with E-state index in [0.717, 1.165) is 26.2 Å². The van der Waals surface area contributed by atoms with Crippen LogP contribution in [-0.4, -0.2) is 49.7 Å². The van der Waals surface area contributed by atoms with Crippen molar-refractivity contribution in [1.29, 1.82) is 0 Å². The van der Waals surface area contributed by atoms with Crippen LogP contribution in [0.2, 0.25) is 0 Å². The lowest BCUT2D eigenvalue weighted by Gasteiger charge is -2.24. The highest BCUT2D eigenvalue weighted by atomic mass is 16.5. The molecular formula is C12H27NO3. The van der Waals surface area contributed by atoms with Gasteiger partial charge in [0.25, 0.3) is 0 Å². The van der Waals surface area contributed by atoms with Gasteiger partial charge < -0.3 is 20.3 Å². The number of rotatable bonds is 10. The number of nitrogens with one attached hydrogen (secondary N) is 1. The van der Waals surface area contributed by atoms with Gasteiger partial charge in [0, 0.05) is 25.2 Å². The van der Waals surface area contributed by atoms with Crippen LogP contribution in [0, 0.1) is 11.3 Å². The molecule has 98 valence electrons. The maximum Gasteiger partial charge on any atom is 0.0518 e. The quantitative estimate of drug-likeness (QED) is 0.484. The zero-order chi connectivity index (χ0) is 12.4. The Kier molecular flexibility index (Phi) is 8.84. The van der Waals surface area contributed by atoms with Crippen LogP contribution in [-0.2, 0) is 4.74 Å². The van der Waals surface area contributed by atoms with Crippen molar-refractivity contribution in [2.45, 2.75) is 27.2 Å². The van der Waals surface area contributed by atoms with E-state index in [2.05, 4.69) is 19.2 Å². The van der Waals surface area contributed by atoms with E-state index in [1.807, 2.05) is 6.92 Å². The molecule has 0 spiro atoms. The minimum absolute atomic E-state index is 0.000347. The Morgan fingerprint density at radius 2 is 1.88 bits per heavy atom. The molecule has 0 aliphatic heterocycles. The first-order valence-corrected chi connectivity index (χ1v) is 6.04. The second kappa shape index (κ2) is 8.93. The van der Waals surface area contributed by atoms with E-state index in [1.165, 1.54) is 0 Å². The van der Waals surface area contributed by atoms with Gasteiger partial charge in [-0.25, -0.2) is 0 Å². The van der Waals surface area contributed by atoms with E-state index in [1.54, 1.807) is 0 Å². The Morgan fingerprint density at radius 3 is 2.38 bits per heavy atom. The van der Waals surface area contributed by atoms with Crippen molar-refractivity contribution in [3.05, 3.63) is 0 Å². The molecule has 0 rings (SSSR count). The normalized spacial score (nSPS) is 12.4. The minimum Gasteiger partial charge on any atom is -0.396 e. The molecule has 0 aromatic rings. The number of aliphatic hydroxyl groups is 2. The average molecular weight is 233 g/mol. The van der Waals surface area contributed by atoms with Crippen molar-refractivity contribution in [3.63, 3.8) is 0 Å². The SMILES string of the molecule is CC(C)COCCCNCC(C)(CO)CO. The fourth-order valence-electron chi connectivity index (χ4n) is 1.17. The third-order valence-electron chi connectivity index (χ3n) is 2.41.